The second-order valence-electron chi connectivity index (χ2n) is 6.33. The van der Waals surface area contributed by atoms with E-state index in [2.05, 4.69) is 12.2 Å². The van der Waals surface area contributed by atoms with Crippen molar-refractivity contribution < 1.29 is 18.7 Å². The van der Waals surface area contributed by atoms with Crippen molar-refractivity contribution in [3.8, 4) is 0 Å². The van der Waals surface area contributed by atoms with Crippen LogP contribution in [0.3, 0.4) is 0 Å². The number of halogens is 2. The van der Waals surface area contributed by atoms with E-state index in [1.54, 1.807) is 0 Å². The van der Waals surface area contributed by atoms with Crippen LogP contribution in [0, 0.1) is 11.7 Å². The minimum absolute atomic E-state index is 0.0886. The highest BCUT2D eigenvalue weighted by molar-refractivity contribution is 7.14. The minimum atomic E-state index is -0.567. The largest absolute Gasteiger partial charge is 0.451 e. The molecule has 1 aliphatic rings. The van der Waals surface area contributed by atoms with E-state index in [0.29, 0.717) is 16.5 Å². The van der Waals surface area contributed by atoms with Gasteiger partial charge in [-0.1, -0.05) is 24.9 Å². The number of thiophene rings is 1. The smallest absolute Gasteiger partial charge is 0.348 e. The Hall–Kier alpha value is -1.92. The fourth-order valence-electron chi connectivity index (χ4n) is 3.02. The Kier molecular flexibility index (Phi) is 5.94. The molecule has 1 aliphatic carbocycles. The molecule has 1 heterocycles. The van der Waals surface area contributed by atoms with Gasteiger partial charge in [-0.05, 0) is 55.0 Å². The maximum Gasteiger partial charge on any atom is 0.348 e. The molecule has 0 unspecified atom stereocenters. The summed E-state index contributed by atoms with van der Waals surface area (Å²) in [5.41, 5.74) is 1.57. The number of benzene rings is 1. The summed E-state index contributed by atoms with van der Waals surface area (Å²) in [7, 11) is 0. The SMILES string of the molecule is CC[C@H]1CCc2sc(C(=O)OCC(=O)Nc3ccc(F)c(Cl)c3)cc2C1. The van der Waals surface area contributed by atoms with Gasteiger partial charge in [-0.15, -0.1) is 11.3 Å². The molecule has 1 amide bonds. The minimum Gasteiger partial charge on any atom is -0.451 e. The molecule has 1 aromatic heterocycles. The third kappa shape index (κ3) is 4.43. The molecule has 0 saturated heterocycles. The van der Waals surface area contributed by atoms with Crippen LogP contribution in [0.2, 0.25) is 5.02 Å². The lowest BCUT2D eigenvalue weighted by atomic mass is 9.87. The summed E-state index contributed by atoms with van der Waals surface area (Å²) in [4.78, 5) is 25.9. The van der Waals surface area contributed by atoms with Gasteiger partial charge in [-0.2, -0.15) is 0 Å². The van der Waals surface area contributed by atoms with E-state index in [9.17, 15) is 14.0 Å². The first-order chi connectivity index (χ1) is 12.5. The highest BCUT2D eigenvalue weighted by Gasteiger charge is 2.23. The Bertz CT molecular complexity index is 836. The van der Waals surface area contributed by atoms with E-state index in [0.717, 1.165) is 31.7 Å². The van der Waals surface area contributed by atoms with Crippen LogP contribution >= 0.6 is 22.9 Å². The maximum absolute atomic E-state index is 13.1. The van der Waals surface area contributed by atoms with Crippen LogP contribution in [0.5, 0.6) is 0 Å². The second-order valence-corrected chi connectivity index (χ2v) is 7.87. The number of hydrogen-bond acceptors (Lipinski definition) is 4. The molecule has 4 nitrogen and oxygen atoms in total. The van der Waals surface area contributed by atoms with Gasteiger partial charge in [0.2, 0.25) is 0 Å². The molecule has 1 atom stereocenters. The van der Waals surface area contributed by atoms with Gasteiger partial charge in [-0.25, -0.2) is 9.18 Å². The Morgan fingerprint density at radius 1 is 1.38 bits per heavy atom. The number of anilines is 1. The Morgan fingerprint density at radius 3 is 2.92 bits per heavy atom. The Labute approximate surface area is 160 Å². The van der Waals surface area contributed by atoms with Crippen molar-refractivity contribution in [3.63, 3.8) is 0 Å². The van der Waals surface area contributed by atoms with Crippen molar-refractivity contribution in [2.45, 2.75) is 32.6 Å². The molecule has 0 spiro atoms. The predicted molar refractivity (Wildman–Crippen MR) is 100 cm³/mol. The number of hydrogen-bond donors (Lipinski definition) is 1. The van der Waals surface area contributed by atoms with Crippen molar-refractivity contribution in [2.75, 3.05) is 11.9 Å². The molecule has 3 rings (SSSR count). The van der Waals surface area contributed by atoms with Gasteiger partial charge in [-0.3, -0.25) is 4.79 Å². The summed E-state index contributed by atoms with van der Waals surface area (Å²) in [6.45, 7) is 1.78. The Balaban J connectivity index is 1.54. The molecule has 0 aliphatic heterocycles. The highest BCUT2D eigenvalue weighted by atomic mass is 35.5. The molecule has 0 bridgehead atoms. The van der Waals surface area contributed by atoms with Crippen molar-refractivity contribution in [1.82, 2.24) is 0 Å². The van der Waals surface area contributed by atoms with Gasteiger partial charge >= 0.3 is 5.97 Å². The fraction of sp³-hybridized carbons (Fsp3) is 0.368. The van der Waals surface area contributed by atoms with E-state index in [4.69, 9.17) is 16.3 Å². The number of aryl methyl sites for hydroxylation is 1. The fourth-order valence-corrected chi connectivity index (χ4v) is 4.30. The van der Waals surface area contributed by atoms with E-state index < -0.39 is 24.3 Å². The zero-order valence-electron chi connectivity index (χ0n) is 14.3. The lowest BCUT2D eigenvalue weighted by molar-refractivity contribution is -0.119. The van der Waals surface area contributed by atoms with Crippen LogP contribution in [0.1, 0.15) is 39.9 Å². The topological polar surface area (TPSA) is 55.4 Å². The van der Waals surface area contributed by atoms with Crippen molar-refractivity contribution in [1.29, 1.82) is 0 Å². The van der Waals surface area contributed by atoms with Crippen LogP contribution in [-0.2, 0) is 22.4 Å². The number of carbonyl (C=O) groups excluding carboxylic acids is 2. The van der Waals surface area contributed by atoms with Crippen LogP contribution in [0.25, 0.3) is 0 Å². The summed E-state index contributed by atoms with van der Waals surface area (Å²) in [6, 6.07) is 5.73. The summed E-state index contributed by atoms with van der Waals surface area (Å²) in [5.74, 6) is -0.893. The first-order valence-electron chi connectivity index (χ1n) is 8.50. The number of ether oxygens (including phenoxy) is 1. The molecule has 1 N–H and O–H groups in total. The van der Waals surface area contributed by atoms with Gasteiger partial charge < -0.3 is 10.1 Å². The molecular formula is C19H19ClFNO3S. The third-order valence-electron chi connectivity index (χ3n) is 4.50. The highest BCUT2D eigenvalue weighted by Crippen LogP contribution is 2.33. The molecule has 0 radical (unpaired) electrons. The monoisotopic (exact) mass is 395 g/mol. The zero-order valence-corrected chi connectivity index (χ0v) is 15.9. The third-order valence-corrected chi connectivity index (χ3v) is 6.01. The molecule has 0 fully saturated rings. The van der Waals surface area contributed by atoms with Crippen LogP contribution in [0.15, 0.2) is 24.3 Å². The quantitative estimate of drug-likeness (QED) is 0.736. The normalized spacial score (nSPS) is 16.0. The van der Waals surface area contributed by atoms with Gasteiger partial charge in [0.15, 0.2) is 6.61 Å². The van der Waals surface area contributed by atoms with E-state index in [-0.39, 0.29) is 5.02 Å². The average molecular weight is 396 g/mol. The predicted octanol–water partition coefficient (Wildman–Crippen LogP) is 4.85. The van der Waals surface area contributed by atoms with Crippen molar-refractivity contribution in [2.24, 2.45) is 5.92 Å². The first-order valence-corrected chi connectivity index (χ1v) is 9.69. The number of fused-ring (bicyclic) bond motifs is 1. The molecule has 138 valence electrons. The van der Waals surface area contributed by atoms with E-state index in [1.165, 1.54) is 33.9 Å². The molecule has 1 aromatic carbocycles. The number of carbonyl (C=O) groups is 2. The maximum atomic E-state index is 13.1. The number of rotatable bonds is 5. The summed E-state index contributed by atoms with van der Waals surface area (Å²) >= 11 is 7.11. The van der Waals surface area contributed by atoms with Crippen LogP contribution in [-0.4, -0.2) is 18.5 Å². The van der Waals surface area contributed by atoms with Crippen LogP contribution in [0.4, 0.5) is 10.1 Å². The molecule has 7 heteroatoms. The van der Waals surface area contributed by atoms with Crippen LogP contribution < -0.4 is 5.32 Å². The molecule has 26 heavy (non-hydrogen) atoms. The van der Waals surface area contributed by atoms with E-state index >= 15 is 0 Å². The average Bonchev–Trinajstić information content (AvgIpc) is 3.06. The first kappa shape index (κ1) is 18.9. The second kappa shape index (κ2) is 8.18. The molecule has 2 aromatic rings. The zero-order chi connectivity index (χ0) is 18.7. The standard InChI is InChI=1S/C19H19ClFNO3S/c1-2-11-3-6-16-12(7-11)8-17(26-16)19(24)25-10-18(23)22-13-4-5-15(21)14(20)9-13/h4-5,8-9,11H,2-3,6-7,10H2,1H3,(H,22,23)/t11-/m0/s1. The van der Waals surface area contributed by atoms with Crippen molar-refractivity contribution in [3.05, 3.63) is 50.4 Å². The molecular weight excluding hydrogens is 377 g/mol. The lowest BCUT2D eigenvalue weighted by Gasteiger charge is -2.19. The van der Waals surface area contributed by atoms with Crippen molar-refractivity contribution >= 4 is 40.5 Å². The summed E-state index contributed by atoms with van der Waals surface area (Å²) in [5, 5.41) is 2.43. The number of amides is 1. The van der Waals surface area contributed by atoms with Gasteiger partial charge in [0.05, 0.1) is 5.02 Å². The number of esters is 1. The number of nitrogens with one attached hydrogen (secondary N) is 1. The summed E-state index contributed by atoms with van der Waals surface area (Å²) in [6.07, 6.45) is 4.29. The molecule has 0 saturated carbocycles. The van der Waals surface area contributed by atoms with Gasteiger partial charge in [0, 0.05) is 10.6 Å². The Morgan fingerprint density at radius 2 is 2.19 bits per heavy atom. The van der Waals surface area contributed by atoms with E-state index in [1.807, 2.05) is 6.07 Å². The van der Waals surface area contributed by atoms with Gasteiger partial charge in [0.25, 0.3) is 5.91 Å². The van der Waals surface area contributed by atoms with Gasteiger partial charge in [0.1, 0.15) is 10.7 Å². The summed E-state index contributed by atoms with van der Waals surface area (Å²) < 4.78 is 18.2. The lowest BCUT2D eigenvalue weighted by Crippen LogP contribution is -2.20.